The molecule has 0 radical (unpaired) electrons. The highest BCUT2D eigenvalue weighted by Crippen LogP contribution is 2.23. The fourth-order valence-electron chi connectivity index (χ4n) is 1.56. The number of anilines is 1. The summed E-state index contributed by atoms with van der Waals surface area (Å²) in [4.78, 5) is 0. The average Bonchev–Trinajstić information content (AvgIpc) is 2.09. The lowest BCUT2D eigenvalue weighted by Crippen LogP contribution is -2.33. The molecule has 0 aromatic heterocycles. The van der Waals surface area contributed by atoms with Crippen LogP contribution < -0.4 is 11.1 Å². The summed E-state index contributed by atoms with van der Waals surface area (Å²) < 4.78 is 0. The van der Waals surface area contributed by atoms with Gasteiger partial charge in [0.15, 0.2) is 0 Å². The predicted octanol–water partition coefficient (Wildman–Crippen LogP) is 3.19. The van der Waals surface area contributed by atoms with E-state index >= 15 is 0 Å². The summed E-state index contributed by atoms with van der Waals surface area (Å²) in [5.74, 6) is 0. The Morgan fingerprint density at radius 1 is 1.40 bits per heavy atom. The van der Waals surface area contributed by atoms with Crippen LogP contribution in [0.25, 0.3) is 0 Å². The maximum absolute atomic E-state index is 5.90. The normalized spacial score (nSPS) is 11.5. The third kappa shape index (κ3) is 3.73. The first kappa shape index (κ1) is 12.3. The van der Waals surface area contributed by atoms with Gasteiger partial charge in [-0.15, -0.1) is 0 Å². The number of aryl methyl sites for hydroxylation is 1. The molecule has 0 aliphatic carbocycles. The molecule has 2 nitrogen and oxygen atoms in total. The molecular formula is C12H19ClN2. The van der Waals surface area contributed by atoms with Crippen molar-refractivity contribution in [3.8, 4) is 0 Å². The van der Waals surface area contributed by atoms with Gasteiger partial charge in [-0.05, 0) is 57.5 Å². The summed E-state index contributed by atoms with van der Waals surface area (Å²) >= 11 is 5.90. The summed E-state index contributed by atoms with van der Waals surface area (Å²) in [5, 5.41) is 4.25. The topological polar surface area (TPSA) is 38.0 Å². The Hall–Kier alpha value is -0.730. The zero-order valence-corrected chi connectivity index (χ0v) is 10.4. The average molecular weight is 227 g/mol. The van der Waals surface area contributed by atoms with Gasteiger partial charge in [-0.1, -0.05) is 11.6 Å². The van der Waals surface area contributed by atoms with Crippen molar-refractivity contribution in [3.63, 3.8) is 0 Å². The lowest BCUT2D eigenvalue weighted by molar-refractivity contribution is 0.526. The molecule has 3 N–H and O–H groups in total. The Balaban J connectivity index is 2.80. The largest absolute Gasteiger partial charge is 0.380 e. The van der Waals surface area contributed by atoms with E-state index in [9.17, 15) is 0 Å². The summed E-state index contributed by atoms with van der Waals surface area (Å²) in [7, 11) is 0. The first-order chi connectivity index (χ1) is 6.94. The smallest absolute Gasteiger partial charge is 0.0410 e. The van der Waals surface area contributed by atoms with Crippen LogP contribution in [0.4, 0.5) is 5.69 Å². The van der Waals surface area contributed by atoms with Gasteiger partial charge >= 0.3 is 0 Å². The van der Waals surface area contributed by atoms with Crippen molar-refractivity contribution < 1.29 is 0 Å². The second kappa shape index (κ2) is 4.86. The van der Waals surface area contributed by atoms with Crippen LogP contribution in [0.3, 0.4) is 0 Å². The third-order valence-electron chi connectivity index (χ3n) is 2.43. The fourth-order valence-corrected chi connectivity index (χ4v) is 1.78. The van der Waals surface area contributed by atoms with Crippen molar-refractivity contribution >= 4 is 17.3 Å². The van der Waals surface area contributed by atoms with Crippen LogP contribution in [-0.2, 0) is 0 Å². The molecule has 0 spiro atoms. The van der Waals surface area contributed by atoms with E-state index in [0.717, 1.165) is 22.7 Å². The monoisotopic (exact) mass is 226 g/mol. The van der Waals surface area contributed by atoms with E-state index in [1.54, 1.807) is 0 Å². The molecule has 15 heavy (non-hydrogen) atoms. The highest BCUT2D eigenvalue weighted by molar-refractivity contribution is 6.30. The molecule has 0 fully saturated rings. The van der Waals surface area contributed by atoms with Crippen molar-refractivity contribution in [1.29, 1.82) is 0 Å². The van der Waals surface area contributed by atoms with Gasteiger partial charge in [0, 0.05) is 16.2 Å². The predicted molar refractivity (Wildman–Crippen MR) is 67.6 cm³/mol. The summed E-state index contributed by atoms with van der Waals surface area (Å²) in [6.07, 6.45) is 0.940. The molecule has 1 aromatic carbocycles. The van der Waals surface area contributed by atoms with Crippen molar-refractivity contribution in [2.24, 2.45) is 5.73 Å². The Morgan fingerprint density at radius 2 is 2.07 bits per heavy atom. The standard InChI is InChI=1S/C12H19ClN2/c1-9-8-10(13)4-5-11(9)15-12(2,3)6-7-14/h4-5,8,15H,6-7,14H2,1-3H3. The number of nitrogens with one attached hydrogen (secondary N) is 1. The van der Waals surface area contributed by atoms with Crippen molar-refractivity contribution in [3.05, 3.63) is 28.8 Å². The summed E-state index contributed by atoms with van der Waals surface area (Å²) in [5.41, 5.74) is 7.87. The third-order valence-corrected chi connectivity index (χ3v) is 2.67. The van der Waals surface area contributed by atoms with Gasteiger partial charge in [-0.2, -0.15) is 0 Å². The molecule has 1 rings (SSSR count). The molecular weight excluding hydrogens is 208 g/mol. The van der Waals surface area contributed by atoms with E-state index in [1.165, 1.54) is 0 Å². The quantitative estimate of drug-likeness (QED) is 0.828. The molecule has 0 aliphatic rings. The second-order valence-electron chi connectivity index (χ2n) is 4.51. The Bertz CT molecular complexity index is 334. The van der Waals surface area contributed by atoms with Crippen molar-refractivity contribution in [2.45, 2.75) is 32.7 Å². The minimum absolute atomic E-state index is 0.0212. The highest BCUT2D eigenvalue weighted by atomic mass is 35.5. The molecule has 0 amide bonds. The molecule has 0 saturated heterocycles. The van der Waals surface area contributed by atoms with Crippen molar-refractivity contribution in [1.82, 2.24) is 0 Å². The molecule has 0 bridgehead atoms. The summed E-state index contributed by atoms with van der Waals surface area (Å²) in [6, 6.07) is 5.87. The van der Waals surface area contributed by atoms with Gasteiger partial charge in [-0.3, -0.25) is 0 Å². The van der Waals surface area contributed by atoms with Gasteiger partial charge < -0.3 is 11.1 Å². The molecule has 0 aliphatic heterocycles. The number of rotatable bonds is 4. The highest BCUT2D eigenvalue weighted by Gasteiger charge is 2.16. The number of hydrogen-bond acceptors (Lipinski definition) is 2. The lowest BCUT2D eigenvalue weighted by atomic mass is 9.99. The molecule has 0 saturated carbocycles. The van der Waals surface area contributed by atoms with E-state index < -0.39 is 0 Å². The zero-order valence-electron chi connectivity index (χ0n) is 9.60. The lowest BCUT2D eigenvalue weighted by Gasteiger charge is -2.28. The van der Waals surface area contributed by atoms with Crippen LogP contribution in [0.1, 0.15) is 25.8 Å². The number of benzene rings is 1. The van der Waals surface area contributed by atoms with Crippen LogP contribution in [0, 0.1) is 6.92 Å². The first-order valence-corrected chi connectivity index (χ1v) is 5.57. The molecule has 3 heteroatoms. The van der Waals surface area contributed by atoms with Gasteiger partial charge in [-0.25, -0.2) is 0 Å². The van der Waals surface area contributed by atoms with Gasteiger partial charge in [0.2, 0.25) is 0 Å². The Kier molecular flexibility index (Phi) is 4.00. The van der Waals surface area contributed by atoms with Crippen molar-refractivity contribution in [2.75, 3.05) is 11.9 Å². The number of hydrogen-bond donors (Lipinski definition) is 2. The maximum atomic E-state index is 5.90. The van der Waals surface area contributed by atoms with Crippen LogP contribution in [-0.4, -0.2) is 12.1 Å². The molecule has 0 heterocycles. The van der Waals surface area contributed by atoms with E-state index in [1.807, 2.05) is 25.1 Å². The number of nitrogens with two attached hydrogens (primary N) is 1. The van der Waals surface area contributed by atoms with Gasteiger partial charge in [0.05, 0.1) is 0 Å². The maximum Gasteiger partial charge on any atom is 0.0410 e. The molecule has 0 unspecified atom stereocenters. The number of halogens is 1. The molecule has 84 valence electrons. The van der Waals surface area contributed by atoms with Crippen LogP contribution in [0.5, 0.6) is 0 Å². The van der Waals surface area contributed by atoms with Crippen LogP contribution >= 0.6 is 11.6 Å². The zero-order chi connectivity index (χ0) is 11.5. The van der Waals surface area contributed by atoms with E-state index in [4.69, 9.17) is 17.3 Å². The Labute approximate surface area is 96.8 Å². The van der Waals surface area contributed by atoms with E-state index in [-0.39, 0.29) is 5.54 Å². The summed E-state index contributed by atoms with van der Waals surface area (Å²) in [6.45, 7) is 7.03. The minimum atomic E-state index is 0.0212. The minimum Gasteiger partial charge on any atom is -0.380 e. The molecule has 1 aromatic rings. The molecule has 0 atom stereocenters. The van der Waals surface area contributed by atoms with Gasteiger partial charge in [0.25, 0.3) is 0 Å². The Morgan fingerprint density at radius 3 is 2.60 bits per heavy atom. The SMILES string of the molecule is Cc1cc(Cl)ccc1NC(C)(C)CCN. The van der Waals surface area contributed by atoms with Crippen LogP contribution in [0.2, 0.25) is 5.02 Å². The van der Waals surface area contributed by atoms with Crippen LogP contribution in [0.15, 0.2) is 18.2 Å². The first-order valence-electron chi connectivity index (χ1n) is 5.19. The second-order valence-corrected chi connectivity index (χ2v) is 4.94. The van der Waals surface area contributed by atoms with E-state index in [0.29, 0.717) is 6.54 Å². The van der Waals surface area contributed by atoms with Gasteiger partial charge in [0.1, 0.15) is 0 Å². The van der Waals surface area contributed by atoms with E-state index in [2.05, 4.69) is 19.2 Å². The fraction of sp³-hybridized carbons (Fsp3) is 0.500.